The molecule has 4 rings (SSSR count). The van der Waals surface area contributed by atoms with Gasteiger partial charge in [0, 0.05) is 23.1 Å². The minimum absolute atomic E-state index is 0.0755. The molecule has 0 spiro atoms. The van der Waals surface area contributed by atoms with E-state index in [1.165, 1.54) is 55.2 Å². The highest BCUT2D eigenvalue weighted by molar-refractivity contribution is 5.95. The summed E-state index contributed by atoms with van der Waals surface area (Å²) < 4.78 is 2.38. The number of aryl methyl sites for hydroxylation is 3. The molecule has 1 nitrogen and oxygen atoms in total. The van der Waals surface area contributed by atoms with E-state index in [1.807, 2.05) is 0 Å². The fourth-order valence-electron chi connectivity index (χ4n) is 4.94. The molecule has 160 valence electrons. The van der Waals surface area contributed by atoms with Gasteiger partial charge in [-0.25, -0.2) is 0 Å². The van der Waals surface area contributed by atoms with Gasteiger partial charge in [-0.05, 0) is 71.2 Å². The maximum Gasteiger partial charge on any atom is 0.213 e. The van der Waals surface area contributed by atoms with E-state index in [1.54, 1.807) is 0 Å². The Labute approximate surface area is 187 Å². The maximum absolute atomic E-state index is 2.45. The van der Waals surface area contributed by atoms with Crippen LogP contribution in [-0.4, -0.2) is 0 Å². The van der Waals surface area contributed by atoms with Crippen molar-refractivity contribution in [1.29, 1.82) is 0 Å². The highest BCUT2D eigenvalue weighted by Gasteiger charge is 2.25. The summed E-state index contributed by atoms with van der Waals surface area (Å²) in [7, 11) is 2.22. The van der Waals surface area contributed by atoms with Crippen LogP contribution in [0.2, 0.25) is 0 Å². The van der Waals surface area contributed by atoms with Crippen molar-refractivity contribution in [3.8, 4) is 11.3 Å². The van der Waals surface area contributed by atoms with Crippen molar-refractivity contribution >= 4 is 21.7 Å². The summed E-state index contributed by atoms with van der Waals surface area (Å²) in [6.07, 6.45) is 1.09. The van der Waals surface area contributed by atoms with Gasteiger partial charge in [0.2, 0.25) is 11.2 Å². The average molecular weight is 411 g/mol. The van der Waals surface area contributed by atoms with E-state index < -0.39 is 0 Å². The summed E-state index contributed by atoms with van der Waals surface area (Å²) in [5.41, 5.74) is 9.58. The second-order valence-corrected chi connectivity index (χ2v) is 10.6. The Morgan fingerprint density at radius 1 is 0.839 bits per heavy atom. The zero-order chi connectivity index (χ0) is 22.5. The van der Waals surface area contributed by atoms with Crippen molar-refractivity contribution in [2.45, 2.75) is 60.3 Å². The molecule has 31 heavy (non-hydrogen) atoms. The van der Waals surface area contributed by atoms with Gasteiger partial charge >= 0.3 is 0 Å². The zero-order valence-corrected chi connectivity index (χ0v) is 20.4. The fraction of sp³-hybridized carbons (Fsp3) is 0.367. The molecule has 0 atom stereocenters. The van der Waals surface area contributed by atoms with E-state index in [0.717, 1.165) is 6.42 Å². The van der Waals surface area contributed by atoms with Gasteiger partial charge < -0.3 is 0 Å². The van der Waals surface area contributed by atoms with Gasteiger partial charge in [-0.1, -0.05) is 70.5 Å². The number of benzene rings is 3. The topological polar surface area (TPSA) is 3.88 Å². The number of rotatable bonds is 3. The van der Waals surface area contributed by atoms with Crippen LogP contribution in [-0.2, 0) is 18.9 Å². The third kappa shape index (κ3) is 3.87. The van der Waals surface area contributed by atoms with Crippen molar-refractivity contribution in [3.05, 3.63) is 76.9 Å². The van der Waals surface area contributed by atoms with Gasteiger partial charge in [-0.15, -0.1) is 0 Å². The molecule has 0 aliphatic carbocycles. The number of para-hydroxylation sites is 1. The van der Waals surface area contributed by atoms with Crippen molar-refractivity contribution in [3.63, 3.8) is 0 Å². The standard InChI is InChI=1S/C30H36N/c1-19(2)15-22-17-29(31(8)28-12-10-9-11-23(22)28)26-18-27(30(5,6)7)24-14-13-20(3)16-25(24)21(26)4/h9-14,16-19H,15H2,1-8H3/q+1. The number of hydrogen-bond donors (Lipinski definition) is 0. The minimum Gasteiger partial charge on any atom is -0.194 e. The maximum atomic E-state index is 2.45. The third-order valence-corrected chi connectivity index (χ3v) is 6.56. The van der Waals surface area contributed by atoms with Crippen LogP contribution in [0.1, 0.15) is 56.9 Å². The predicted octanol–water partition coefficient (Wildman–Crippen LogP) is 7.60. The molecule has 0 unspecified atom stereocenters. The second kappa shape index (κ2) is 7.79. The number of hydrogen-bond acceptors (Lipinski definition) is 0. The Morgan fingerprint density at radius 2 is 1.55 bits per heavy atom. The summed E-state index contributed by atoms with van der Waals surface area (Å²) in [6.45, 7) is 16.1. The van der Waals surface area contributed by atoms with E-state index in [0.29, 0.717) is 5.92 Å². The first-order valence-corrected chi connectivity index (χ1v) is 11.5. The number of nitrogens with zero attached hydrogens (tertiary/aromatic N) is 1. The van der Waals surface area contributed by atoms with E-state index in [4.69, 9.17) is 0 Å². The van der Waals surface area contributed by atoms with Crippen LogP contribution < -0.4 is 4.57 Å². The molecule has 1 aromatic heterocycles. The summed E-state index contributed by atoms with van der Waals surface area (Å²) in [6, 6.07) is 20.7. The molecule has 0 saturated carbocycles. The molecular formula is C30H36N+. The van der Waals surface area contributed by atoms with Crippen LogP contribution in [0.15, 0.2) is 54.6 Å². The van der Waals surface area contributed by atoms with Gasteiger partial charge in [0.1, 0.15) is 7.05 Å². The monoisotopic (exact) mass is 410 g/mol. The molecule has 1 heteroatoms. The molecule has 0 N–H and O–H groups in total. The third-order valence-electron chi connectivity index (χ3n) is 6.56. The Balaban J connectivity index is 2.12. The molecule has 0 saturated heterocycles. The molecule has 0 bridgehead atoms. The molecule has 1 heterocycles. The fourth-order valence-corrected chi connectivity index (χ4v) is 4.94. The predicted molar refractivity (Wildman–Crippen MR) is 135 cm³/mol. The van der Waals surface area contributed by atoms with Crippen LogP contribution in [0, 0.1) is 19.8 Å². The zero-order valence-electron chi connectivity index (χ0n) is 20.4. The molecule has 0 fully saturated rings. The van der Waals surface area contributed by atoms with Crippen LogP contribution in [0.4, 0.5) is 0 Å². The SMILES string of the molecule is Cc1ccc2c(C(C)(C)C)cc(-c3cc(CC(C)C)c4ccccc4[n+]3C)c(C)c2c1. The molecule has 0 aliphatic rings. The summed E-state index contributed by atoms with van der Waals surface area (Å²) in [4.78, 5) is 0. The first-order chi connectivity index (χ1) is 14.6. The van der Waals surface area contributed by atoms with Crippen molar-refractivity contribution < 1.29 is 4.57 Å². The largest absolute Gasteiger partial charge is 0.213 e. The first kappa shape index (κ1) is 21.6. The number of aromatic nitrogens is 1. The number of pyridine rings is 1. The summed E-state index contributed by atoms with van der Waals surface area (Å²) >= 11 is 0. The molecule has 3 aromatic carbocycles. The Hall–Kier alpha value is -2.67. The lowest BCUT2D eigenvalue weighted by molar-refractivity contribution is -0.633. The number of fused-ring (bicyclic) bond motifs is 2. The van der Waals surface area contributed by atoms with E-state index in [9.17, 15) is 0 Å². The van der Waals surface area contributed by atoms with Crippen LogP contribution in [0.5, 0.6) is 0 Å². The van der Waals surface area contributed by atoms with Gasteiger partial charge in [0.25, 0.3) is 0 Å². The van der Waals surface area contributed by atoms with E-state index in [2.05, 4.69) is 115 Å². The molecular weight excluding hydrogens is 374 g/mol. The summed E-state index contributed by atoms with van der Waals surface area (Å²) in [5.74, 6) is 0.620. The minimum atomic E-state index is 0.0755. The average Bonchev–Trinajstić information content (AvgIpc) is 2.70. The smallest absolute Gasteiger partial charge is 0.194 e. The van der Waals surface area contributed by atoms with Gasteiger partial charge in [0.15, 0.2) is 0 Å². The van der Waals surface area contributed by atoms with Crippen molar-refractivity contribution in [1.82, 2.24) is 0 Å². The van der Waals surface area contributed by atoms with E-state index in [-0.39, 0.29) is 5.41 Å². The summed E-state index contributed by atoms with van der Waals surface area (Å²) in [5, 5.41) is 4.12. The molecule has 0 aliphatic heterocycles. The first-order valence-electron chi connectivity index (χ1n) is 11.5. The Kier molecular flexibility index (Phi) is 5.41. The lowest BCUT2D eigenvalue weighted by atomic mass is 9.80. The lowest BCUT2D eigenvalue weighted by Gasteiger charge is -2.24. The van der Waals surface area contributed by atoms with Gasteiger partial charge in [0.05, 0.1) is 0 Å². The quantitative estimate of drug-likeness (QED) is 0.306. The van der Waals surface area contributed by atoms with Crippen LogP contribution in [0.25, 0.3) is 32.9 Å². The van der Waals surface area contributed by atoms with Crippen LogP contribution >= 0.6 is 0 Å². The Bertz CT molecular complexity index is 1290. The van der Waals surface area contributed by atoms with Crippen LogP contribution in [0.3, 0.4) is 0 Å². The Morgan fingerprint density at radius 3 is 2.23 bits per heavy atom. The lowest BCUT2D eigenvalue weighted by Crippen LogP contribution is -2.33. The highest BCUT2D eigenvalue weighted by Crippen LogP contribution is 2.38. The van der Waals surface area contributed by atoms with Crippen molar-refractivity contribution in [2.75, 3.05) is 0 Å². The van der Waals surface area contributed by atoms with E-state index >= 15 is 0 Å². The second-order valence-electron chi connectivity index (χ2n) is 10.6. The van der Waals surface area contributed by atoms with Gasteiger partial charge in [-0.2, -0.15) is 4.57 Å². The molecule has 4 aromatic rings. The van der Waals surface area contributed by atoms with Crippen molar-refractivity contribution in [2.24, 2.45) is 13.0 Å². The normalized spacial score (nSPS) is 12.3. The molecule has 0 amide bonds. The molecule has 0 radical (unpaired) electrons. The van der Waals surface area contributed by atoms with Gasteiger partial charge in [-0.3, -0.25) is 0 Å². The highest BCUT2D eigenvalue weighted by atomic mass is 14.9.